The molecule has 2 N–H and O–H groups in total. The van der Waals surface area contributed by atoms with Gasteiger partial charge < -0.3 is 15.2 Å². The van der Waals surface area contributed by atoms with Gasteiger partial charge in [-0.3, -0.25) is 4.79 Å². The van der Waals surface area contributed by atoms with Crippen molar-refractivity contribution in [3.63, 3.8) is 0 Å². The zero-order valence-electron chi connectivity index (χ0n) is 16.9. The van der Waals surface area contributed by atoms with Crippen LogP contribution in [0.5, 0.6) is 5.88 Å². The zero-order chi connectivity index (χ0) is 21.6. The summed E-state index contributed by atoms with van der Waals surface area (Å²) in [5, 5.41) is 13.7. The lowest BCUT2D eigenvalue weighted by atomic mass is 9.92. The Labute approximate surface area is 185 Å². The van der Waals surface area contributed by atoms with Gasteiger partial charge in [-0.2, -0.15) is 0 Å². The van der Waals surface area contributed by atoms with Crippen molar-refractivity contribution in [3.05, 3.63) is 71.4 Å². The number of ether oxygens (including phenoxy) is 1. The van der Waals surface area contributed by atoms with Gasteiger partial charge in [-0.25, -0.2) is 15.0 Å². The molecule has 2 aromatic heterocycles. The van der Waals surface area contributed by atoms with E-state index < -0.39 is 6.10 Å². The Morgan fingerprint density at radius 3 is 2.61 bits per heavy atom. The molecular weight excluding hydrogens is 416 g/mol. The molecule has 0 radical (unpaired) electrons. The number of amides is 1. The number of nitrogens with zero attached hydrogens (tertiary/aromatic N) is 3. The van der Waals surface area contributed by atoms with Gasteiger partial charge in [0.1, 0.15) is 6.61 Å². The molecule has 1 aliphatic rings. The summed E-state index contributed by atoms with van der Waals surface area (Å²) in [5.41, 5.74) is 1.86. The highest BCUT2D eigenvalue weighted by Crippen LogP contribution is 2.30. The van der Waals surface area contributed by atoms with Crippen molar-refractivity contribution in [3.8, 4) is 17.0 Å². The first-order valence-corrected chi connectivity index (χ1v) is 10.6. The molecule has 1 fully saturated rings. The van der Waals surface area contributed by atoms with E-state index in [1.54, 1.807) is 36.7 Å². The predicted molar refractivity (Wildman–Crippen MR) is 117 cm³/mol. The van der Waals surface area contributed by atoms with Gasteiger partial charge in [0.05, 0.1) is 17.7 Å². The topological polar surface area (TPSA) is 97.2 Å². The first-order valence-electron chi connectivity index (χ1n) is 10.2. The minimum atomic E-state index is -0.519. The highest BCUT2D eigenvalue weighted by atomic mass is 35.5. The van der Waals surface area contributed by atoms with Gasteiger partial charge in [0, 0.05) is 29.2 Å². The van der Waals surface area contributed by atoms with E-state index in [0.717, 1.165) is 24.8 Å². The Kier molecular flexibility index (Phi) is 6.74. The largest absolute Gasteiger partial charge is 0.469 e. The number of aliphatic hydroxyl groups is 1. The second-order valence-electron chi connectivity index (χ2n) is 7.47. The molecular formula is C23H23ClN4O3. The highest BCUT2D eigenvalue weighted by Gasteiger charge is 2.25. The lowest BCUT2D eigenvalue weighted by Crippen LogP contribution is -2.45. The molecule has 3 aromatic rings. The Morgan fingerprint density at radius 1 is 1.13 bits per heavy atom. The normalized spacial score (nSPS) is 18.4. The SMILES string of the molecule is O=C(NC1CCCCC1O)c1cnc(OCc2ncccn2)c(-c2ccc(Cl)cc2)c1. The fraction of sp³-hybridized carbons (Fsp3) is 0.304. The summed E-state index contributed by atoms with van der Waals surface area (Å²) in [4.78, 5) is 25.5. The molecule has 2 atom stereocenters. The molecule has 31 heavy (non-hydrogen) atoms. The van der Waals surface area contributed by atoms with Crippen LogP contribution in [0, 0.1) is 0 Å². The monoisotopic (exact) mass is 438 g/mol. The van der Waals surface area contributed by atoms with Crippen LogP contribution in [0.3, 0.4) is 0 Å². The Morgan fingerprint density at radius 2 is 1.87 bits per heavy atom. The lowest BCUT2D eigenvalue weighted by molar-refractivity contribution is 0.0717. The number of benzene rings is 1. The summed E-state index contributed by atoms with van der Waals surface area (Å²) in [5.74, 6) is 0.620. The van der Waals surface area contributed by atoms with Crippen molar-refractivity contribution < 1.29 is 14.6 Å². The predicted octanol–water partition coefficient (Wildman–Crippen LogP) is 3.80. The molecule has 1 aromatic carbocycles. The van der Waals surface area contributed by atoms with Crippen molar-refractivity contribution in [1.82, 2.24) is 20.3 Å². The molecule has 0 saturated heterocycles. The van der Waals surface area contributed by atoms with Gasteiger partial charge in [0.25, 0.3) is 5.91 Å². The standard InChI is InChI=1S/C23H23ClN4O3/c24-17-8-6-15(7-9-17)18-12-16(22(30)28-19-4-1-2-5-20(19)29)13-27-23(18)31-14-21-25-10-3-11-26-21/h3,6-13,19-20,29H,1-2,4-5,14H2,(H,28,30). The van der Waals surface area contributed by atoms with Crippen molar-refractivity contribution >= 4 is 17.5 Å². The van der Waals surface area contributed by atoms with Gasteiger partial charge in [-0.15, -0.1) is 0 Å². The molecule has 0 bridgehead atoms. The van der Waals surface area contributed by atoms with E-state index in [1.165, 1.54) is 6.20 Å². The van der Waals surface area contributed by atoms with Gasteiger partial charge >= 0.3 is 0 Å². The number of halogens is 1. The minimum Gasteiger partial charge on any atom is -0.469 e. The highest BCUT2D eigenvalue weighted by molar-refractivity contribution is 6.30. The molecule has 8 heteroatoms. The number of carbonyl (C=O) groups excluding carboxylic acids is 1. The molecule has 4 rings (SSSR count). The third-order valence-corrected chi connectivity index (χ3v) is 5.52. The summed E-state index contributed by atoms with van der Waals surface area (Å²) in [6.07, 6.45) is 7.69. The molecule has 7 nitrogen and oxygen atoms in total. The van der Waals surface area contributed by atoms with E-state index in [-0.39, 0.29) is 18.6 Å². The number of pyridine rings is 1. The third-order valence-electron chi connectivity index (χ3n) is 5.27. The zero-order valence-corrected chi connectivity index (χ0v) is 17.6. The molecule has 160 valence electrons. The first-order chi connectivity index (χ1) is 15.1. The lowest BCUT2D eigenvalue weighted by Gasteiger charge is -2.28. The van der Waals surface area contributed by atoms with Crippen LogP contribution in [-0.2, 0) is 6.61 Å². The van der Waals surface area contributed by atoms with Crippen LogP contribution in [0.4, 0.5) is 0 Å². The average Bonchev–Trinajstić information content (AvgIpc) is 2.80. The maximum atomic E-state index is 12.8. The number of hydrogen-bond acceptors (Lipinski definition) is 6. The van der Waals surface area contributed by atoms with E-state index >= 15 is 0 Å². The van der Waals surface area contributed by atoms with Crippen molar-refractivity contribution in [2.24, 2.45) is 0 Å². The number of rotatable bonds is 6. The van der Waals surface area contributed by atoms with Gasteiger partial charge in [-0.1, -0.05) is 36.6 Å². The summed E-state index contributed by atoms with van der Waals surface area (Å²) in [7, 11) is 0. The van der Waals surface area contributed by atoms with Crippen LogP contribution >= 0.6 is 11.6 Å². The maximum absolute atomic E-state index is 12.8. The minimum absolute atomic E-state index is 0.147. The van der Waals surface area contributed by atoms with Crippen LogP contribution in [0.2, 0.25) is 5.02 Å². The van der Waals surface area contributed by atoms with Crippen molar-refractivity contribution in [2.45, 2.75) is 44.4 Å². The van der Waals surface area contributed by atoms with E-state index in [9.17, 15) is 9.90 Å². The molecule has 1 aliphatic carbocycles. The third kappa shape index (κ3) is 5.37. The number of hydrogen-bond donors (Lipinski definition) is 2. The number of carbonyl (C=O) groups is 1. The van der Waals surface area contributed by atoms with E-state index in [0.29, 0.717) is 34.3 Å². The van der Waals surface area contributed by atoms with Crippen LogP contribution in [0.15, 0.2) is 55.0 Å². The van der Waals surface area contributed by atoms with Crippen LogP contribution < -0.4 is 10.1 Å². The summed E-state index contributed by atoms with van der Waals surface area (Å²) >= 11 is 6.03. The Hall–Kier alpha value is -3.03. The van der Waals surface area contributed by atoms with Crippen molar-refractivity contribution in [2.75, 3.05) is 0 Å². The second-order valence-corrected chi connectivity index (χ2v) is 7.91. The van der Waals surface area contributed by atoms with Gasteiger partial charge in [-0.05, 0) is 42.7 Å². The maximum Gasteiger partial charge on any atom is 0.253 e. The Bertz CT molecular complexity index is 1030. The van der Waals surface area contributed by atoms with Crippen LogP contribution in [-0.4, -0.2) is 38.1 Å². The molecule has 0 aliphatic heterocycles. The number of aromatic nitrogens is 3. The molecule has 0 spiro atoms. The molecule has 2 heterocycles. The van der Waals surface area contributed by atoms with Crippen LogP contribution in [0.25, 0.3) is 11.1 Å². The summed E-state index contributed by atoms with van der Waals surface area (Å²) < 4.78 is 5.87. The smallest absolute Gasteiger partial charge is 0.253 e. The first kappa shape index (κ1) is 21.2. The van der Waals surface area contributed by atoms with E-state index in [1.807, 2.05) is 12.1 Å². The fourth-order valence-electron chi connectivity index (χ4n) is 3.60. The number of nitrogens with one attached hydrogen (secondary N) is 1. The van der Waals surface area contributed by atoms with Gasteiger partial charge in [0.2, 0.25) is 5.88 Å². The summed E-state index contributed by atoms with van der Waals surface area (Å²) in [6, 6.07) is 10.5. The summed E-state index contributed by atoms with van der Waals surface area (Å²) in [6.45, 7) is 0.147. The van der Waals surface area contributed by atoms with Gasteiger partial charge in [0.15, 0.2) is 5.82 Å². The number of aliphatic hydroxyl groups excluding tert-OH is 1. The second kappa shape index (κ2) is 9.85. The average molecular weight is 439 g/mol. The van der Waals surface area contributed by atoms with E-state index in [4.69, 9.17) is 16.3 Å². The Balaban J connectivity index is 1.59. The van der Waals surface area contributed by atoms with E-state index in [2.05, 4.69) is 20.3 Å². The molecule has 2 unspecified atom stereocenters. The fourth-order valence-corrected chi connectivity index (χ4v) is 3.72. The molecule has 1 amide bonds. The quantitative estimate of drug-likeness (QED) is 0.607. The van der Waals surface area contributed by atoms with Crippen molar-refractivity contribution in [1.29, 1.82) is 0 Å². The molecule has 1 saturated carbocycles. The van der Waals surface area contributed by atoms with Crippen LogP contribution in [0.1, 0.15) is 41.9 Å².